The molecule has 22 heavy (non-hydrogen) atoms. The van der Waals surface area contributed by atoms with E-state index < -0.39 is 5.97 Å². The number of nitrogens with zero attached hydrogens (tertiary/aromatic N) is 3. The first kappa shape index (κ1) is 18.4. The number of benzene rings is 1. The zero-order valence-electron chi connectivity index (χ0n) is 12.0. The lowest BCUT2D eigenvalue weighted by molar-refractivity contribution is -0.138. The van der Waals surface area contributed by atoms with Crippen molar-refractivity contribution in [2.75, 3.05) is 13.1 Å². The zero-order chi connectivity index (χ0) is 15.2. The Balaban J connectivity index is 0.00000242. The molecule has 0 aliphatic carbocycles. The summed E-state index contributed by atoms with van der Waals surface area (Å²) in [7, 11) is 0. The van der Waals surface area contributed by atoms with Crippen molar-refractivity contribution in [1.29, 1.82) is 0 Å². The van der Waals surface area contributed by atoms with E-state index >= 15 is 0 Å². The molecule has 0 amide bonds. The van der Waals surface area contributed by atoms with Gasteiger partial charge in [0.05, 0.1) is 13.1 Å². The highest BCUT2D eigenvalue weighted by atomic mass is 35.5. The van der Waals surface area contributed by atoms with Crippen LogP contribution in [0.5, 0.6) is 0 Å². The molecule has 0 saturated heterocycles. The predicted molar refractivity (Wildman–Crippen MR) is 85.2 cm³/mol. The number of halogens is 2. The quantitative estimate of drug-likeness (QED) is 0.830. The molecular formula is C14H17Cl2N3O3. The third-order valence-corrected chi connectivity index (χ3v) is 3.08. The second-order valence-corrected chi connectivity index (χ2v) is 5.06. The Labute approximate surface area is 139 Å². The highest BCUT2D eigenvalue weighted by Gasteiger charge is 2.14. The predicted octanol–water partition coefficient (Wildman–Crippen LogP) is 3.11. The Morgan fingerprint density at radius 3 is 2.64 bits per heavy atom. The summed E-state index contributed by atoms with van der Waals surface area (Å²) in [4.78, 5) is 16.8. The summed E-state index contributed by atoms with van der Waals surface area (Å²) in [6, 6.07) is 7.11. The number of carboxylic acids is 1. The maximum absolute atomic E-state index is 10.8. The highest BCUT2D eigenvalue weighted by molar-refractivity contribution is 6.30. The smallest absolute Gasteiger partial charge is 0.317 e. The fraction of sp³-hybridized carbons (Fsp3) is 0.357. The highest BCUT2D eigenvalue weighted by Crippen LogP contribution is 2.19. The van der Waals surface area contributed by atoms with Crippen LogP contribution in [0.2, 0.25) is 5.02 Å². The Morgan fingerprint density at radius 1 is 1.36 bits per heavy atom. The van der Waals surface area contributed by atoms with E-state index in [0.29, 0.717) is 29.8 Å². The summed E-state index contributed by atoms with van der Waals surface area (Å²) < 4.78 is 5.18. The molecule has 0 fully saturated rings. The average molecular weight is 346 g/mol. The number of rotatable bonds is 7. The largest absolute Gasteiger partial charge is 0.480 e. The maximum atomic E-state index is 10.8. The Hall–Kier alpha value is -1.63. The molecule has 0 aliphatic heterocycles. The molecule has 0 saturated carbocycles. The normalized spacial score (nSPS) is 10.5. The topological polar surface area (TPSA) is 79.5 Å². The Morgan fingerprint density at radius 2 is 2.05 bits per heavy atom. The fourth-order valence-electron chi connectivity index (χ4n) is 1.95. The Kier molecular flexibility index (Phi) is 7.31. The van der Waals surface area contributed by atoms with Crippen LogP contribution in [-0.4, -0.2) is 39.2 Å². The van der Waals surface area contributed by atoms with E-state index in [4.69, 9.17) is 21.2 Å². The van der Waals surface area contributed by atoms with Crippen molar-refractivity contribution in [3.63, 3.8) is 0 Å². The number of aliphatic carboxylic acids is 1. The average Bonchev–Trinajstić information content (AvgIpc) is 2.87. The van der Waals surface area contributed by atoms with Crippen molar-refractivity contribution in [2.24, 2.45) is 0 Å². The molecule has 2 aromatic rings. The monoisotopic (exact) mass is 345 g/mol. The van der Waals surface area contributed by atoms with Gasteiger partial charge >= 0.3 is 5.97 Å². The zero-order valence-corrected chi connectivity index (χ0v) is 13.6. The Bertz CT molecular complexity index is 602. The first-order chi connectivity index (χ1) is 10.1. The first-order valence-corrected chi connectivity index (χ1v) is 6.99. The van der Waals surface area contributed by atoms with Gasteiger partial charge in [-0.25, -0.2) is 0 Å². The standard InChI is InChI=1S/C14H16ClN3O3.ClH/c1-2-7-18(9-13(19)20)8-12-16-14(17-21-12)10-3-5-11(15)6-4-10;/h3-6H,2,7-9H2,1H3,(H,19,20);1H. The van der Waals surface area contributed by atoms with Crippen molar-refractivity contribution >= 4 is 30.0 Å². The van der Waals surface area contributed by atoms with Crippen LogP contribution in [0.1, 0.15) is 19.2 Å². The van der Waals surface area contributed by atoms with Gasteiger partial charge in [-0.05, 0) is 37.2 Å². The van der Waals surface area contributed by atoms with E-state index in [9.17, 15) is 4.79 Å². The van der Waals surface area contributed by atoms with E-state index in [-0.39, 0.29) is 19.0 Å². The van der Waals surface area contributed by atoms with Crippen molar-refractivity contribution in [3.05, 3.63) is 35.2 Å². The van der Waals surface area contributed by atoms with Crippen LogP contribution >= 0.6 is 24.0 Å². The summed E-state index contributed by atoms with van der Waals surface area (Å²) in [5.74, 6) is -0.0102. The van der Waals surface area contributed by atoms with Gasteiger partial charge in [-0.3, -0.25) is 9.69 Å². The number of hydrogen-bond acceptors (Lipinski definition) is 5. The minimum absolute atomic E-state index is 0. The lowest BCUT2D eigenvalue weighted by Crippen LogP contribution is -2.30. The van der Waals surface area contributed by atoms with Crippen LogP contribution in [0, 0.1) is 0 Å². The van der Waals surface area contributed by atoms with Crippen LogP contribution in [-0.2, 0) is 11.3 Å². The molecule has 0 aliphatic rings. The van der Waals surface area contributed by atoms with Gasteiger partial charge in [0, 0.05) is 10.6 Å². The van der Waals surface area contributed by atoms with E-state index in [1.807, 2.05) is 6.92 Å². The van der Waals surface area contributed by atoms with Crippen LogP contribution in [0.3, 0.4) is 0 Å². The second-order valence-electron chi connectivity index (χ2n) is 4.62. The molecule has 0 bridgehead atoms. The number of aromatic nitrogens is 2. The molecule has 0 spiro atoms. The van der Waals surface area contributed by atoms with Gasteiger partial charge in [-0.2, -0.15) is 4.98 Å². The summed E-state index contributed by atoms with van der Waals surface area (Å²) in [6.45, 7) is 2.92. The first-order valence-electron chi connectivity index (χ1n) is 6.61. The van der Waals surface area contributed by atoms with E-state index in [2.05, 4.69) is 10.1 Å². The fourth-order valence-corrected chi connectivity index (χ4v) is 2.07. The van der Waals surface area contributed by atoms with Crippen LogP contribution in [0.25, 0.3) is 11.4 Å². The summed E-state index contributed by atoms with van der Waals surface area (Å²) in [5, 5.41) is 13.4. The van der Waals surface area contributed by atoms with Crippen molar-refractivity contribution in [1.82, 2.24) is 15.0 Å². The van der Waals surface area contributed by atoms with Crippen molar-refractivity contribution < 1.29 is 14.4 Å². The lowest BCUT2D eigenvalue weighted by Gasteiger charge is -2.16. The molecule has 8 heteroatoms. The molecule has 1 aromatic heterocycles. The van der Waals surface area contributed by atoms with Gasteiger partial charge in [-0.15, -0.1) is 12.4 Å². The van der Waals surface area contributed by atoms with E-state index in [1.54, 1.807) is 29.2 Å². The molecule has 6 nitrogen and oxygen atoms in total. The molecule has 120 valence electrons. The van der Waals surface area contributed by atoms with Gasteiger partial charge in [0.15, 0.2) is 0 Å². The molecule has 1 N–H and O–H groups in total. The van der Waals surface area contributed by atoms with Gasteiger partial charge in [-0.1, -0.05) is 23.7 Å². The summed E-state index contributed by atoms with van der Waals surface area (Å²) in [5.41, 5.74) is 0.801. The van der Waals surface area contributed by atoms with Gasteiger partial charge in [0.25, 0.3) is 0 Å². The van der Waals surface area contributed by atoms with Gasteiger partial charge < -0.3 is 9.63 Å². The molecule has 1 aromatic carbocycles. The van der Waals surface area contributed by atoms with E-state index in [1.165, 1.54) is 0 Å². The van der Waals surface area contributed by atoms with Gasteiger partial charge in [0.1, 0.15) is 0 Å². The molecule has 0 atom stereocenters. The maximum Gasteiger partial charge on any atom is 0.317 e. The summed E-state index contributed by atoms with van der Waals surface area (Å²) in [6.07, 6.45) is 0.853. The molecule has 0 unspecified atom stereocenters. The van der Waals surface area contributed by atoms with Gasteiger partial charge in [0.2, 0.25) is 11.7 Å². The number of carbonyl (C=O) groups is 1. The summed E-state index contributed by atoms with van der Waals surface area (Å²) >= 11 is 5.83. The second kappa shape index (κ2) is 8.73. The van der Waals surface area contributed by atoms with Crippen LogP contribution in [0.4, 0.5) is 0 Å². The number of hydrogen-bond donors (Lipinski definition) is 1. The molecule has 0 radical (unpaired) electrons. The van der Waals surface area contributed by atoms with Crippen molar-refractivity contribution in [3.8, 4) is 11.4 Å². The molecule has 1 heterocycles. The molecule has 2 rings (SSSR count). The van der Waals surface area contributed by atoms with Crippen molar-refractivity contribution in [2.45, 2.75) is 19.9 Å². The third kappa shape index (κ3) is 5.29. The van der Waals surface area contributed by atoms with E-state index in [0.717, 1.165) is 12.0 Å². The molecular weight excluding hydrogens is 329 g/mol. The number of carboxylic acid groups (broad SMARTS) is 1. The third-order valence-electron chi connectivity index (χ3n) is 2.83. The SMILES string of the molecule is CCCN(CC(=O)O)Cc1nc(-c2ccc(Cl)cc2)no1.Cl. The lowest BCUT2D eigenvalue weighted by atomic mass is 10.2. The van der Waals surface area contributed by atoms with Crippen LogP contribution in [0.15, 0.2) is 28.8 Å². The minimum Gasteiger partial charge on any atom is -0.480 e. The minimum atomic E-state index is -0.874. The van der Waals surface area contributed by atoms with Crippen LogP contribution < -0.4 is 0 Å².